The van der Waals surface area contributed by atoms with E-state index < -0.39 is 11.0 Å². The molecule has 1 aliphatic carbocycles. The fourth-order valence-electron chi connectivity index (χ4n) is 4.48. The van der Waals surface area contributed by atoms with Crippen molar-refractivity contribution in [3.05, 3.63) is 41.5 Å². The highest BCUT2D eigenvalue weighted by molar-refractivity contribution is 6.05. The molecule has 6 nitrogen and oxygen atoms in total. The van der Waals surface area contributed by atoms with Crippen LogP contribution in [-0.2, 0) is 20.7 Å². The number of fused-ring (bicyclic) bond motifs is 2. The number of nitrogens with zero attached hydrogens (tertiary/aromatic N) is 1. The first-order valence-corrected chi connectivity index (χ1v) is 10.3. The molecule has 0 unspecified atom stereocenters. The fourth-order valence-corrected chi connectivity index (χ4v) is 4.48. The first kappa shape index (κ1) is 19.7. The maximum absolute atomic E-state index is 12.3. The number of amides is 3. The van der Waals surface area contributed by atoms with Crippen molar-refractivity contribution in [3.63, 3.8) is 0 Å². The largest absolute Gasteiger partial charge is 0.444 e. The molecule has 3 aliphatic heterocycles. The van der Waals surface area contributed by atoms with E-state index in [0.717, 1.165) is 17.5 Å². The van der Waals surface area contributed by atoms with E-state index in [1.165, 1.54) is 5.57 Å². The van der Waals surface area contributed by atoms with Crippen LogP contribution in [0.25, 0.3) is 5.57 Å². The van der Waals surface area contributed by atoms with E-state index in [-0.39, 0.29) is 23.8 Å². The van der Waals surface area contributed by atoms with Gasteiger partial charge < -0.3 is 9.64 Å². The maximum atomic E-state index is 12.3. The predicted molar refractivity (Wildman–Crippen MR) is 109 cm³/mol. The highest BCUT2D eigenvalue weighted by Gasteiger charge is 2.57. The Morgan fingerprint density at radius 1 is 1.21 bits per heavy atom. The van der Waals surface area contributed by atoms with Crippen molar-refractivity contribution < 1.29 is 19.1 Å². The number of hydrogen-bond acceptors (Lipinski definition) is 4. The van der Waals surface area contributed by atoms with Gasteiger partial charge in [0.25, 0.3) is 0 Å². The van der Waals surface area contributed by atoms with Crippen molar-refractivity contribution in [2.24, 2.45) is 11.3 Å². The first-order chi connectivity index (χ1) is 13.7. The van der Waals surface area contributed by atoms with E-state index in [0.29, 0.717) is 32.4 Å². The second-order valence-corrected chi connectivity index (χ2v) is 9.48. The minimum atomic E-state index is -0.487. The standard InChI is InChI=1S/C23H28N2O4/c1-22(2,3)29-21(28)25-10-8-17(9-11-25)16-6-4-15(5-7-16)12-23-13-18(14-23)19(26)24-20(23)27/h4-8,18H,9-14H2,1-3H3,(H,24,26,27). The van der Waals surface area contributed by atoms with Crippen molar-refractivity contribution in [1.29, 1.82) is 0 Å². The maximum Gasteiger partial charge on any atom is 0.410 e. The van der Waals surface area contributed by atoms with Gasteiger partial charge in [-0.1, -0.05) is 30.3 Å². The summed E-state index contributed by atoms with van der Waals surface area (Å²) in [6, 6.07) is 8.32. The Bertz CT molecular complexity index is 873. The third kappa shape index (κ3) is 3.93. The van der Waals surface area contributed by atoms with Gasteiger partial charge in [0, 0.05) is 19.0 Å². The van der Waals surface area contributed by atoms with Gasteiger partial charge in [-0.25, -0.2) is 4.79 Å². The number of imide groups is 1. The van der Waals surface area contributed by atoms with Crippen LogP contribution in [0.15, 0.2) is 30.3 Å². The van der Waals surface area contributed by atoms with Gasteiger partial charge in [-0.05, 0) is 63.2 Å². The van der Waals surface area contributed by atoms with Crippen LogP contribution in [-0.4, -0.2) is 41.5 Å². The van der Waals surface area contributed by atoms with Crippen LogP contribution in [0.3, 0.4) is 0 Å². The minimum absolute atomic E-state index is 0.00675. The molecule has 4 aliphatic rings. The van der Waals surface area contributed by atoms with E-state index in [2.05, 4.69) is 35.7 Å². The number of hydrogen-bond donors (Lipinski definition) is 1. The first-order valence-electron chi connectivity index (χ1n) is 10.3. The van der Waals surface area contributed by atoms with E-state index in [1.807, 2.05) is 20.8 Å². The molecule has 1 N–H and O–H groups in total. The van der Waals surface area contributed by atoms with Crippen LogP contribution in [0.1, 0.15) is 51.2 Å². The normalized spacial score (nSPS) is 26.4. The molecule has 0 radical (unpaired) electrons. The lowest BCUT2D eigenvalue weighted by Gasteiger charge is -2.49. The summed E-state index contributed by atoms with van der Waals surface area (Å²) in [6.45, 7) is 6.80. The lowest BCUT2D eigenvalue weighted by molar-refractivity contribution is -0.158. The van der Waals surface area contributed by atoms with E-state index >= 15 is 0 Å². The summed E-state index contributed by atoms with van der Waals surface area (Å²) >= 11 is 0. The number of ether oxygens (including phenoxy) is 1. The third-order valence-electron chi connectivity index (χ3n) is 6.09. The van der Waals surface area contributed by atoms with Gasteiger partial charge in [0.15, 0.2) is 0 Å². The fraction of sp³-hybridized carbons (Fsp3) is 0.522. The summed E-state index contributed by atoms with van der Waals surface area (Å²) in [6.07, 6.45) is 4.61. The molecule has 0 atom stereocenters. The predicted octanol–water partition coefficient (Wildman–Crippen LogP) is 3.31. The highest BCUT2D eigenvalue weighted by atomic mass is 16.6. The van der Waals surface area contributed by atoms with Gasteiger partial charge in [-0.15, -0.1) is 0 Å². The van der Waals surface area contributed by atoms with E-state index in [1.54, 1.807) is 4.90 Å². The Hall–Kier alpha value is -2.63. The van der Waals surface area contributed by atoms with Gasteiger partial charge in [0.2, 0.25) is 11.8 Å². The molecular weight excluding hydrogens is 368 g/mol. The average molecular weight is 396 g/mol. The smallest absolute Gasteiger partial charge is 0.410 e. The molecule has 6 heteroatoms. The zero-order valence-corrected chi connectivity index (χ0v) is 17.3. The molecule has 2 bridgehead atoms. The zero-order chi connectivity index (χ0) is 20.8. The van der Waals surface area contributed by atoms with Crippen molar-refractivity contribution in [2.75, 3.05) is 13.1 Å². The molecule has 0 spiro atoms. The van der Waals surface area contributed by atoms with Crippen molar-refractivity contribution in [2.45, 2.75) is 52.1 Å². The summed E-state index contributed by atoms with van der Waals surface area (Å²) in [5.41, 5.74) is 2.59. The van der Waals surface area contributed by atoms with Crippen molar-refractivity contribution >= 4 is 23.5 Å². The summed E-state index contributed by atoms with van der Waals surface area (Å²) < 4.78 is 5.44. The van der Waals surface area contributed by atoms with Crippen LogP contribution < -0.4 is 5.32 Å². The lowest BCUT2D eigenvalue weighted by Crippen LogP contribution is -2.62. The SMILES string of the molecule is CC(C)(C)OC(=O)N1CC=C(c2ccc(CC34CC(C3)C(=O)NC4=O)cc2)CC1. The summed E-state index contributed by atoms with van der Waals surface area (Å²) in [7, 11) is 0. The summed E-state index contributed by atoms with van der Waals surface area (Å²) in [4.78, 5) is 37.8. The summed E-state index contributed by atoms with van der Waals surface area (Å²) in [5.74, 6) is -0.226. The number of piperidine rings is 2. The van der Waals surface area contributed by atoms with Crippen molar-refractivity contribution in [3.8, 4) is 0 Å². The number of benzene rings is 1. The second kappa shape index (κ2) is 7.01. The molecular formula is C23H28N2O4. The monoisotopic (exact) mass is 396 g/mol. The molecule has 3 fully saturated rings. The minimum Gasteiger partial charge on any atom is -0.444 e. The van der Waals surface area contributed by atoms with Crippen LogP contribution in [0, 0.1) is 11.3 Å². The number of nitrogens with one attached hydrogen (secondary N) is 1. The lowest BCUT2D eigenvalue weighted by atomic mass is 9.56. The van der Waals surface area contributed by atoms with Crippen LogP contribution >= 0.6 is 0 Å². The average Bonchev–Trinajstić information content (AvgIpc) is 2.62. The van der Waals surface area contributed by atoms with Gasteiger partial charge in [0.1, 0.15) is 5.60 Å². The molecule has 0 aromatic heterocycles. The highest BCUT2D eigenvalue weighted by Crippen LogP contribution is 2.51. The molecule has 29 heavy (non-hydrogen) atoms. The topological polar surface area (TPSA) is 75.7 Å². The molecule has 1 aromatic carbocycles. The Balaban J connectivity index is 1.37. The Labute approximate surface area is 171 Å². The second-order valence-electron chi connectivity index (χ2n) is 9.48. The van der Waals surface area contributed by atoms with Gasteiger partial charge >= 0.3 is 6.09 Å². The molecule has 1 aromatic rings. The molecule has 1 saturated carbocycles. The van der Waals surface area contributed by atoms with Gasteiger partial charge in [-0.3, -0.25) is 14.9 Å². The molecule has 154 valence electrons. The molecule has 3 amide bonds. The van der Waals surface area contributed by atoms with E-state index in [9.17, 15) is 14.4 Å². The number of carbonyl (C=O) groups excluding carboxylic acids is 3. The quantitative estimate of drug-likeness (QED) is 0.796. The van der Waals surface area contributed by atoms with Crippen molar-refractivity contribution in [1.82, 2.24) is 10.2 Å². The number of carbonyl (C=O) groups is 3. The summed E-state index contributed by atoms with van der Waals surface area (Å²) in [5, 5.41) is 2.50. The van der Waals surface area contributed by atoms with Crippen LogP contribution in [0.5, 0.6) is 0 Å². The Morgan fingerprint density at radius 3 is 2.45 bits per heavy atom. The Morgan fingerprint density at radius 2 is 1.90 bits per heavy atom. The number of rotatable bonds is 3. The Kier molecular flexibility index (Phi) is 4.75. The molecule has 3 heterocycles. The van der Waals surface area contributed by atoms with Crippen LogP contribution in [0.4, 0.5) is 4.79 Å². The molecule has 5 rings (SSSR count). The third-order valence-corrected chi connectivity index (χ3v) is 6.09. The van der Waals surface area contributed by atoms with Crippen LogP contribution in [0.2, 0.25) is 0 Å². The van der Waals surface area contributed by atoms with Gasteiger partial charge in [0.05, 0.1) is 5.41 Å². The van der Waals surface area contributed by atoms with E-state index in [4.69, 9.17) is 4.74 Å². The zero-order valence-electron chi connectivity index (χ0n) is 17.3. The molecule has 2 saturated heterocycles. The van der Waals surface area contributed by atoms with Gasteiger partial charge in [-0.2, -0.15) is 0 Å².